The minimum atomic E-state index is -1.54. The second kappa shape index (κ2) is 11.5. The first-order chi connectivity index (χ1) is 13.7. The van der Waals surface area contributed by atoms with Crippen molar-refractivity contribution >= 4 is 63.0 Å². The fourth-order valence-electron chi connectivity index (χ4n) is 3.02. The third-order valence-electron chi connectivity index (χ3n) is 4.22. The zero-order valence-electron chi connectivity index (χ0n) is 16.7. The molecular formula is C24H27AsS3. The zero-order valence-corrected chi connectivity index (χ0v) is 21.0. The Balaban J connectivity index is 1.97. The molecule has 0 saturated carbocycles. The number of rotatable bonds is 9. The molecule has 0 heterocycles. The molecule has 3 aromatic rings. The number of hydrogen-bond acceptors (Lipinski definition) is 3. The van der Waals surface area contributed by atoms with Crippen LogP contribution in [-0.2, 0) is 0 Å². The van der Waals surface area contributed by atoms with E-state index in [0.717, 1.165) is 17.3 Å². The van der Waals surface area contributed by atoms with Gasteiger partial charge in [0.2, 0.25) is 0 Å². The molecule has 0 aliphatic rings. The van der Waals surface area contributed by atoms with Crippen LogP contribution in [0.15, 0.2) is 87.5 Å². The normalized spacial score (nSPS) is 11.1. The van der Waals surface area contributed by atoms with E-state index < -0.39 is 14.7 Å². The van der Waals surface area contributed by atoms with Gasteiger partial charge in [-0.15, -0.1) is 0 Å². The van der Waals surface area contributed by atoms with Crippen LogP contribution in [0, 0.1) is 0 Å². The van der Waals surface area contributed by atoms with Crippen LogP contribution in [0.2, 0.25) is 0 Å². The van der Waals surface area contributed by atoms with Crippen molar-refractivity contribution in [3.8, 4) is 0 Å². The van der Waals surface area contributed by atoms with E-state index >= 15 is 0 Å². The summed E-state index contributed by atoms with van der Waals surface area (Å²) < 4.78 is 4.50. The van der Waals surface area contributed by atoms with Crippen LogP contribution in [0.5, 0.6) is 0 Å². The van der Waals surface area contributed by atoms with E-state index in [4.69, 9.17) is 0 Å². The van der Waals surface area contributed by atoms with Crippen LogP contribution < -0.4 is 13.1 Å². The van der Waals surface area contributed by atoms with Crippen molar-refractivity contribution in [2.75, 3.05) is 17.3 Å². The van der Waals surface area contributed by atoms with Gasteiger partial charge >= 0.3 is 189 Å². The molecule has 3 rings (SSSR count). The summed E-state index contributed by atoms with van der Waals surface area (Å²) in [5.41, 5.74) is 0. The van der Waals surface area contributed by atoms with E-state index in [1.54, 1.807) is 0 Å². The Labute approximate surface area is 187 Å². The van der Waals surface area contributed by atoms with E-state index in [-0.39, 0.29) is 0 Å². The fraction of sp³-hybridized carbons (Fsp3) is 0.250. The molecule has 0 amide bonds. The summed E-state index contributed by atoms with van der Waals surface area (Å²) >= 11 is 4.19. The van der Waals surface area contributed by atoms with Crippen LogP contribution in [0.1, 0.15) is 20.8 Å². The quantitative estimate of drug-likeness (QED) is 0.288. The van der Waals surface area contributed by atoms with Gasteiger partial charge in [-0.05, 0) is 0 Å². The molecule has 0 aliphatic carbocycles. The maximum absolute atomic E-state index is 2.36. The Kier molecular flexibility index (Phi) is 8.98. The second-order valence-electron chi connectivity index (χ2n) is 6.12. The Morgan fingerprint density at radius 2 is 0.714 bits per heavy atom. The zero-order chi connectivity index (χ0) is 19.8. The van der Waals surface area contributed by atoms with Crippen LogP contribution in [0.25, 0.3) is 0 Å². The van der Waals surface area contributed by atoms with Gasteiger partial charge in [-0.2, -0.15) is 0 Å². The minimum absolute atomic E-state index is 1.12. The van der Waals surface area contributed by atoms with Gasteiger partial charge in [-0.1, -0.05) is 0 Å². The van der Waals surface area contributed by atoms with E-state index in [2.05, 4.69) is 93.6 Å². The Morgan fingerprint density at radius 1 is 0.464 bits per heavy atom. The maximum atomic E-state index is 2.36. The van der Waals surface area contributed by atoms with Gasteiger partial charge in [0.05, 0.1) is 0 Å². The monoisotopic (exact) mass is 486 g/mol. The molecule has 0 saturated heterocycles. The summed E-state index contributed by atoms with van der Waals surface area (Å²) in [7, 11) is 0. The predicted molar refractivity (Wildman–Crippen MR) is 133 cm³/mol. The van der Waals surface area contributed by atoms with Gasteiger partial charge < -0.3 is 0 Å². The molecule has 0 atom stereocenters. The molecule has 0 nitrogen and oxygen atoms in total. The van der Waals surface area contributed by atoms with Crippen molar-refractivity contribution in [1.82, 2.24) is 0 Å². The number of benzene rings is 3. The first-order valence-corrected chi connectivity index (χ1v) is 15.5. The molecule has 0 bridgehead atoms. The Morgan fingerprint density at radius 3 is 0.929 bits per heavy atom. The molecule has 28 heavy (non-hydrogen) atoms. The molecule has 0 aromatic heterocycles. The molecule has 0 N–H and O–H groups in total. The average molecular weight is 487 g/mol. The summed E-state index contributed by atoms with van der Waals surface area (Å²) in [6.45, 7) is 6.63. The summed E-state index contributed by atoms with van der Waals surface area (Å²) in [5, 5.41) is 0. The van der Waals surface area contributed by atoms with Crippen molar-refractivity contribution in [2.45, 2.75) is 35.5 Å². The molecule has 0 radical (unpaired) electrons. The van der Waals surface area contributed by atoms with Gasteiger partial charge in [-0.25, -0.2) is 0 Å². The molecule has 3 aromatic carbocycles. The molecule has 0 aliphatic heterocycles. The van der Waals surface area contributed by atoms with E-state index in [9.17, 15) is 0 Å². The molecule has 146 valence electrons. The Bertz CT molecular complexity index is 725. The van der Waals surface area contributed by atoms with Crippen molar-refractivity contribution in [3.05, 3.63) is 72.8 Å². The molecule has 0 fully saturated rings. The van der Waals surface area contributed by atoms with E-state index in [1.165, 1.54) is 27.7 Å². The summed E-state index contributed by atoms with van der Waals surface area (Å²) in [5.74, 6) is 3.36. The summed E-state index contributed by atoms with van der Waals surface area (Å²) in [4.78, 5) is 4.10. The number of thioether (sulfide) groups is 3. The van der Waals surface area contributed by atoms with Gasteiger partial charge in [0, 0.05) is 0 Å². The van der Waals surface area contributed by atoms with E-state index in [0.29, 0.717) is 0 Å². The standard InChI is InChI=1S/C24H27AsS3/c1-4-26-22-13-7-19(8-14-22)25(20-9-15-23(16-10-20)27-5-2)21-11-17-24(18-12-21)28-6-3/h7-18H,4-6H2,1-3H3. The van der Waals surface area contributed by atoms with Gasteiger partial charge in [-0.3, -0.25) is 0 Å². The third kappa shape index (κ3) is 5.89. The van der Waals surface area contributed by atoms with Crippen molar-refractivity contribution < 1.29 is 0 Å². The van der Waals surface area contributed by atoms with Gasteiger partial charge in [0.1, 0.15) is 0 Å². The second-order valence-corrected chi connectivity index (χ2v) is 14.8. The fourth-order valence-corrected chi connectivity index (χ4v) is 9.70. The van der Waals surface area contributed by atoms with Crippen molar-refractivity contribution in [2.24, 2.45) is 0 Å². The van der Waals surface area contributed by atoms with E-state index in [1.807, 2.05) is 35.3 Å². The molecule has 0 spiro atoms. The van der Waals surface area contributed by atoms with Crippen LogP contribution >= 0.6 is 35.3 Å². The number of hydrogen-bond donors (Lipinski definition) is 0. The van der Waals surface area contributed by atoms with Gasteiger partial charge in [0.15, 0.2) is 0 Å². The van der Waals surface area contributed by atoms with Crippen LogP contribution in [0.3, 0.4) is 0 Å². The molecular weight excluding hydrogens is 459 g/mol. The first-order valence-electron chi connectivity index (χ1n) is 9.73. The molecule has 4 heteroatoms. The third-order valence-corrected chi connectivity index (χ3v) is 12.0. The summed E-state index contributed by atoms with van der Waals surface area (Å²) in [6, 6.07) is 28.0. The molecule has 0 unspecified atom stereocenters. The predicted octanol–water partition coefficient (Wildman–Crippen LogP) is 5.54. The van der Waals surface area contributed by atoms with Crippen molar-refractivity contribution in [3.63, 3.8) is 0 Å². The van der Waals surface area contributed by atoms with Gasteiger partial charge in [0.25, 0.3) is 0 Å². The topological polar surface area (TPSA) is 0 Å². The SMILES string of the molecule is CCSc1ccc([As](c2ccc(SCC)cc2)c2ccc(SCC)cc2)cc1. The van der Waals surface area contributed by atoms with Crippen molar-refractivity contribution in [1.29, 1.82) is 0 Å². The van der Waals surface area contributed by atoms with Crippen LogP contribution in [-0.4, -0.2) is 31.9 Å². The Hall–Kier alpha value is -0.732. The summed E-state index contributed by atoms with van der Waals surface area (Å²) in [6.07, 6.45) is 0. The average Bonchev–Trinajstić information content (AvgIpc) is 2.73. The van der Waals surface area contributed by atoms with Crippen LogP contribution in [0.4, 0.5) is 0 Å². The first kappa shape index (κ1) is 22.0.